The Labute approximate surface area is 158 Å². The van der Waals surface area contributed by atoms with Crippen LogP contribution in [-0.2, 0) is 22.4 Å². The van der Waals surface area contributed by atoms with Crippen molar-refractivity contribution in [2.24, 2.45) is 0 Å². The van der Waals surface area contributed by atoms with E-state index in [0.717, 1.165) is 5.52 Å². The van der Waals surface area contributed by atoms with Crippen LogP contribution in [-0.4, -0.2) is 37.0 Å². The standard InChI is InChI=1S/C19H17N3O6/c23-17(24)7-5-11-9-12(19-20-14-3-1-2-4-15(14)21-19)10-16(22(27)28)13(11)6-8-18(25)26/h1-4,9-10H,5-8H2,(H,20,21)(H,23,24)(H,25,26). The minimum absolute atomic E-state index is 0.0546. The summed E-state index contributed by atoms with van der Waals surface area (Å²) >= 11 is 0. The second-order valence-electron chi connectivity index (χ2n) is 6.28. The Morgan fingerprint density at radius 2 is 1.75 bits per heavy atom. The number of fused-ring (bicyclic) bond motifs is 1. The van der Waals surface area contributed by atoms with Gasteiger partial charge in [-0.15, -0.1) is 0 Å². The fourth-order valence-electron chi connectivity index (χ4n) is 3.09. The Morgan fingerprint density at radius 3 is 2.39 bits per heavy atom. The number of hydrogen-bond acceptors (Lipinski definition) is 5. The first-order chi connectivity index (χ1) is 13.3. The molecular formula is C19H17N3O6. The SMILES string of the molecule is O=C(O)CCc1cc(-c2nc3ccccc3[nH]2)cc([N+](=O)[O-])c1CCC(=O)O. The van der Waals surface area contributed by atoms with Crippen LogP contribution in [0.3, 0.4) is 0 Å². The summed E-state index contributed by atoms with van der Waals surface area (Å²) in [6, 6.07) is 10.3. The van der Waals surface area contributed by atoms with Gasteiger partial charge in [-0.1, -0.05) is 12.1 Å². The summed E-state index contributed by atoms with van der Waals surface area (Å²) in [5, 5.41) is 29.6. The molecule has 1 aromatic heterocycles. The predicted octanol–water partition coefficient (Wildman–Crippen LogP) is 3.17. The zero-order valence-corrected chi connectivity index (χ0v) is 14.7. The number of carbonyl (C=O) groups is 2. The van der Waals surface area contributed by atoms with Crippen LogP contribution in [0.4, 0.5) is 5.69 Å². The summed E-state index contributed by atoms with van der Waals surface area (Å²) < 4.78 is 0. The molecule has 0 saturated heterocycles. The third kappa shape index (κ3) is 4.14. The maximum Gasteiger partial charge on any atom is 0.303 e. The van der Waals surface area contributed by atoms with Crippen molar-refractivity contribution in [2.75, 3.05) is 0 Å². The van der Waals surface area contributed by atoms with Crippen LogP contribution >= 0.6 is 0 Å². The van der Waals surface area contributed by atoms with E-state index in [1.165, 1.54) is 6.07 Å². The summed E-state index contributed by atoms with van der Waals surface area (Å²) in [6.07, 6.45) is -0.508. The van der Waals surface area contributed by atoms with Gasteiger partial charge in [-0.25, -0.2) is 4.98 Å². The normalized spacial score (nSPS) is 10.9. The molecule has 0 amide bonds. The molecule has 0 unspecified atom stereocenters. The van der Waals surface area contributed by atoms with Gasteiger partial charge in [0.25, 0.3) is 5.69 Å². The van der Waals surface area contributed by atoms with E-state index in [9.17, 15) is 19.7 Å². The summed E-state index contributed by atoms with van der Waals surface area (Å²) in [5.74, 6) is -1.70. The van der Waals surface area contributed by atoms with Gasteiger partial charge in [-0.2, -0.15) is 0 Å². The highest BCUT2D eigenvalue weighted by Crippen LogP contribution is 2.32. The Kier molecular flexibility index (Phi) is 5.35. The first-order valence-corrected chi connectivity index (χ1v) is 8.54. The number of para-hydroxylation sites is 2. The van der Waals surface area contributed by atoms with Gasteiger partial charge in [0.2, 0.25) is 0 Å². The summed E-state index contributed by atoms with van der Waals surface area (Å²) in [6.45, 7) is 0. The first-order valence-electron chi connectivity index (χ1n) is 8.54. The van der Waals surface area contributed by atoms with E-state index >= 15 is 0 Å². The molecule has 0 fully saturated rings. The minimum Gasteiger partial charge on any atom is -0.481 e. The number of H-pyrrole nitrogens is 1. The average molecular weight is 383 g/mol. The molecule has 144 valence electrons. The number of hydrogen-bond donors (Lipinski definition) is 3. The second kappa shape index (κ2) is 7.87. The number of aromatic amines is 1. The van der Waals surface area contributed by atoms with E-state index in [1.807, 2.05) is 18.2 Å². The molecule has 0 radical (unpaired) electrons. The quantitative estimate of drug-likeness (QED) is 0.400. The zero-order chi connectivity index (χ0) is 20.3. The lowest BCUT2D eigenvalue weighted by Crippen LogP contribution is -2.07. The van der Waals surface area contributed by atoms with Crippen LogP contribution in [0, 0.1) is 10.1 Å². The minimum atomic E-state index is -1.08. The van der Waals surface area contributed by atoms with Crippen molar-refractivity contribution in [3.05, 3.63) is 57.6 Å². The van der Waals surface area contributed by atoms with Crippen LogP contribution in [0.2, 0.25) is 0 Å². The number of aromatic nitrogens is 2. The number of imidazole rings is 1. The highest BCUT2D eigenvalue weighted by molar-refractivity contribution is 5.80. The fourth-order valence-corrected chi connectivity index (χ4v) is 3.09. The number of benzene rings is 2. The molecule has 9 nitrogen and oxygen atoms in total. The molecule has 3 N–H and O–H groups in total. The molecule has 3 aromatic rings. The number of carboxylic acid groups (broad SMARTS) is 2. The smallest absolute Gasteiger partial charge is 0.303 e. The third-order valence-electron chi connectivity index (χ3n) is 4.38. The van der Waals surface area contributed by atoms with Gasteiger partial charge in [0.05, 0.1) is 16.0 Å². The monoisotopic (exact) mass is 383 g/mol. The van der Waals surface area contributed by atoms with Crippen LogP contribution in [0.25, 0.3) is 22.4 Å². The molecule has 28 heavy (non-hydrogen) atoms. The zero-order valence-electron chi connectivity index (χ0n) is 14.7. The lowest BCUT2D eigenvalue weighted by molar-refractivity contribution is -0.385. The van der Waals surface area contributed by atoms with Gasteiger partial charge in [-0.3, -0.25) is 19.7 Å². The average Bonchev–Trinajstić information content (AvgIpc) is 3.08. The highest BCUT2D eigenvalue weighted by Gasteiger charge is 2.22. The molecule has 2 aromatic carbocycles. The maximum absolute atomic E-state index is 11.6. The topological polar surface area (TPSA) is 146 Å². The van der Waals surface area contributed by atoms with Crippen LogP contribution < -0.4 is 0 Å². The highest BCUT2D eigenvalue weighted by atomic mass is 16.6. The molecule has 0 aliphatic heterocycles. The molecule has 1 heterocycles. The van der Waals surface area contributed by atoms with Gasteiger partial charge in [0, 0.05) is 30.0 Å². The van der Waals surface area contributed by atoms with E-state index in [2.05, 4.69) is 9.97 Å². The molecule has 0 spiro atoms. The Bertz CT molecular complexity index is 1040. The molecule has 0 bridgehead atoms. The van der Waals surface area contributed by atoms with Crippen molar-refractivity contribution in [1.29, 1.82) is 0 Å². The van der Waals surface area contributed by atoms with E-state index in [-0.39, 0.29) is 36.9 Å². The summed E-state index contributed by atoms with van der Waals surface area (Å²) in [5.41, 5.74) is 2.35. The van der Waals surface area contributed by atoms with Crippen molar-refractivity contribution in [1.82, 2.24) is 9.97 Å². The Balaban J connectivity index is 2.13. The predicted molar refractivity (Wildman–Crippen MR) is 100 cm³/mol. The van der Waals surface area contributed by atoms with Gasteiger partial charge in [0.15, 0.2) is 0 Å². The summed E-state index contributed by atoms with van der Waals surface area (Å²) in [4.78, 5) is 40.5. The van der Waals surface area contributed by atoms with Crippen LogP contribution in [0.15, 0.2) is 36.4 Å². The van der Waals surface area contributed by atoms with E-state index in [4.69, 9.17) is 10.2 Å². The Hall–Kier alpha value is -3.75. The number of aliphatic carboxylic acids is 2. The van der Waals surface area contributed by atoms with Crippen molar-refractivity contribution >= 4 is 28.7 Å². The summed E-state index contributed by atoms with van der Waals surface area (Å²) in [7, 11) is 0. The number of nitro groups is 1. The first kappa shape index (κ1) is 19.0. The van der Waals surface area contributed by atoms with Gasteiger partial charge < -0.3 is 15.2 Å². The number of carboxylic acids is 2. The van der Waals surface area contributed by atoms with E-state index in [0.29, 0.717) is 22.5 Å². The molecule has 9 heteroatoms. The largest absolute Gasteiger partial charge is 0.481 e. The molecular weight excluding hydrogens is 366 g/mol. The van der Waals surface area contributed by atoms with Gasteiger partial charge in [-0.05, 0) is 36.6 Å². The number of nitrogens with one attached hydrogen (secondary N) is 1. The molecule has 0 atom stereocenters. The van der Waals surface area contributed by atoms with Crippen LogP contribution in [0.5, 0.6) is 0 Å². The van der Waals surface area contributed by atoms with Crippen molar-refractivity contribution in [3.63, 3.8) is 0 Å². The number of rotatable bonds is 8. The van der Waals surface area contributed by atoms with Crippen molar-refractivity contribution in [3.8, 4) is 11.4 Å². The maximum atomic E-state index is 11.6. The third-order valence-corrected chi connectivity index (χ3v) is 4.38. The molecule has 0 aliphatic carbocycles. The van der Waals surface area contributed by atoms with E-state index in [1.54, 1.807) is 12.1 Å². The van der Waals surface area contributed by atoms with Gasteiger partial charge in [0.1, 0.15) is 5.82 Å². The molecule has 3 rings (SSSR count). The number of nitro benzene ring substituents is 1. The molecule has 0 aliphatic rings. The fraction of sp³-hybridized carbons (Fsp3) is 0.211. The second-order valence-corrected chi connectivity index (χ2v) is 6.28. The lowest BCUT2D eigenvalue weighted by atomic mass is 9.94. The van der Waals surface area contributed by atoms with Crippen LogP contribution in [0.1, 0.15) is 24.0 Å². The number of aryl methyl sites for hydroxylation is 1. The van der Waals surface area contributed by atoms with Crippen molar-refractivity contribution in [2.45, 2.75) is 25.7 Å². The number of nitrogens with zero attached hydrogens (tertiary/aromatic N) is 2. The molecule has 0 saturated carbocycles. The van der Waals surface area contributed by atoms with Gasteiger partial charge >= 0.3 is 11.9 Å². The van der Waals surface area contributed by atoms with E-state index < -0.39 is 16.9 Å². The Morgan fingerprint density at radius 1 is 1.07 bits per heavy atom. The lowest BCUT2D eigenvalue weighted by Gasteiger charge is -2.11. The van der Waals surface area contributed by atoms with Crippen molar-refractivity contribution < 1.29 is 24.7 Å².